The van der Waals surface area contributed by atoms with Crippen LogP contribution in [0.1, 0.15) is 47.9 Å². The van der Waals surface area contributed by atoms with E-state index in [-0.39, 0.29) is 5.56 Å². The smallest absolute Gasteiger partial charge is 0.337 e. The molecule has 6 aromatic rings. The second kappa shape index (κ2) is 19.4. The van der Waals surface area contributed by atoms with Crippen LogP contribution in [0.4, 0.5) is 22.7 Å². The number of hydrogen-bond acceptors (Lipinski definition) is 9. The van der Waals surface area contributed by atoms with Crippen LogP contribution in [0.25, 0.3) is 66.8 Å². The second-order valence-corrected chi connectivity index (χ2v) is 20.2. The standard InChI is InChI=1S/C59H59N5O5S/c1-60(2)41-19-11-37(12-20-41)51-52(38-13-21-42(22-14-38)61(3)4)57(70-46-27-17-40(18-28-46)58(65)66)53(39-15-23-43(24-16-39)62(5)6)55(56(51)59(67)68)54-47-29-25-44(63-31-7-8-32-63)35-49(47)69-50-36-45(26-30-48(50)54)64-33-9-10-34-64/h11-30,35-36,58,65-66H,7-10,31-34H2,1-6H3/p+1. The summed E-state index contributed by atoms with van der Waals surface area (Å²) in [6, 6.07) is 45.0. The molecule has 6 aromatic carbocycles. The fourth-order valence-corrected chi connectivity index (χ4v) is 11.4. The van der Waals surface area contributed by atoms with Crippen molar-refractivity contribution in [1.29, 1.82) is 0 Å². The molecule has 356 valence electrons. The predicted octanol–water partition coefficient (Wildman–Crippen LogP) is 11.4. The van der Waals surface area contributed by atoms with Gasteiger partial charge in [0.25, 0.3) is 0 Å². The van der Waals surface area contributed by atoms with Crippen molar-refractivity contribution >= 4 is 51.4 Å². The van der Waals surface area contributed by atoms with Gasteiger partial charge in [-0.2, -0.15) is 0 Å². The SMILES string of the molecule is CN(C)c1ccc(-c2c(Sc3ccc(C(O)O)cc3)c(-c3ccc(N(C)C)cc3)c(-c3c4ccc(=[N+]5CCCC5)cc-4oc4cc(N5CCCC5)ccc34)c(C(=O)O)c2-c2ccc(N(C)C)cc2)cc1. The van der Waals surface area contributed by atoms with E-state index in [1.54, 1.807) is 23.9 Å². The van der Waals surface area contributed by atoms with E-state index in [9.17, 15) is 15.3 Å². The Morgan fingerprint density at radius 2 is 1.13 bits per heavy atom. The van der Waals surface area contributed by atoms with Gasteiger partial charge in [-0.3, -0.25) is 0 Å². The quantitative estimate of drug-likeness (QED) is 0.0623. The number of aliphatic hydroxyl groups excluding tert-OH is 1. The van der Waals surface area contributed by atoms with Gasteiger partial charge in [-0.05, 0) is 96.3 Å². The maximum Gasteiger partial charge on any atom is 0.337 e. The number of carboxylic acids is 1. The number of aromatic carboxylic acids is 1. The van der Waals surface area contributed by atoms with Crippen molar-refractivity contribution in [3.8, 4) is 55.8 Å². The predicted molar refractivity (Wildman–Crippen MR) is 288 cm³/mol. The molecule has 0 aromatic heterocycles. The lowest BCUT2D eigenvalue weighted by Crippen LogP contribution is -2.26. The van der Waals surface area contributed by atoms with Crippen molar-refractivity contribution in [3.05, 3.63) is 150 Å². The Hall–Kier alpha value is -7.05. The maximum atomic E-state index is 15.0. The lowest BCUT2D eigenvalue weighted by atomic mass is 9.78. The van der Waals surface area contributed by atoms with Crippen LogP contribution in [-0.2, 0) is 0 Å². The van der Waals surface area contributed by atoms with Crippen LogP contribution in [0.2, 0.25) is 0 Å². The van der Waals surface area contributed by atoms with Crippen molar-refractivity contribution in [3.63, 3.8) is 0 Å². The molecule has 4 aliphatic rings. The number of fused-ring (bicyclic) bond motifs is 2. The fraction of sp³-hybridized carbons (Fsp3) is 0.254. The van der Waals surface area contributed by atoms with E-state index < -0.39 is 12.3 Å². The minimum atomic E-state index is -1.63. The molecule has 0 spiro atoms. The van der Waals surface area contributed by atoms with Crippen LogP contribution in [0, 0.1) is 0 Å². The Morgan fingerprint density at radius 3 is 1.64 bits per heavy atom. The summed E-state index contributed by atoms with van der Waals surface area (Å²) in [6.07, 6.45) is 2.88. The van der Waals surface area contributed by atoms with E-state index in [2.05, 4.69) is 104 Å². The van der Waals surface area contributed by atoms with E-state index in [0.717, 1.165) is 134 Å². The number of anilines is 4. The Balaban J connectivity index is 1.43. The zero-order chi connectivity index (χ0) is 48.8. The molecule has 10 rings (SSSR count). The molecule has 0 bridgehead atoms. The molecular formula is C59H60N5O5S+. The monoisotopic (exact) mass is 950 g/mol. The number of carboxylic acid groups (broad SMARTS) is 1. The third-order valence-electron chi connectivity index (χ3n) is 14.0. The molecule has 3 aliphatic heterocycles. The number of aliphatic hydroxyl groups is 2. The highest BCUT2D eigenvalue weighted by molar-refractivity contribution is 7.99. The molecule has 3 heterocycles. The molecule has 70 heavy (non-hydrogen) atoms. The van der Waals surface area contributed by atoms with Crippen LogP contribution in [0.3, 0.4) is 0 Å². The van der Waals surface area contributed by atoms with Crippen molar-refractivity contribution in [2.75, 3.05) is 88.1 Å². The van der Waals surface area contributed by atoms with E-state index in [1.165, 1.54) is 0 Å². The Morgan fingerprint density at radius 1 is 0.600 bits per heavy atom. The van der Waals surface area contributed by atoms with Crippen LogP contribution in [0.15, 0.2) is 148 Å². The van der Waals surface area contributed by atoms with Gasteiger partial charge in [0.15, 0.2) is 6.29 Å². The Labute approximate surface area is 414 Å². The molecule has 2 saturated heterocycles. The maximum absolute atomic E-state index is 15.0. The average molecular weight is 951 g/mol. The van der Waals surface area contributed by atoms with Gasteiger partial charge in [0.05, 0.1) is 11.6 Å². The molecule has 0 amide bonds. The van der Waals surface area contributed by atoms with E-state index in [1.807, 2.05) is 83.6 Å². The lowest BCUT2D eigenvalue weighted by molar-refractivity contribution is -0.0425. The van der Waals surface area contributed by atoms with Crippen molar-refractivity contribution in [2.24, 2.45) is 0 Å². The van der Waals surface area contributed by atoms with Crippen LogP contribution >= 0.6 is 11.8 Å². The Kier molecular flexibility index (Phi) is 12.9. The van der Waals surface area contributed by atoms with Gasteiger partial charge in [0, 0.05) is 157 Å². The summed E-state index contributed by atoms with van der Waals surface area (Å²) in [4.78, 5) is 25.3. The van der Waals surface area contributed by atoms with Crippen molar-refractivity contribution < 1.29 is 24.5 Å². The summed E-state index contributed by atoms with van der Waals surface area (Å²) < 4.78 is 9.47. The molecule has 1 aliphatic carbocycles. The largest absolute Gasteiger partial charge is 0.478 e. The molecule has 0 unspecified atom stereocenters. The highest BCUT2D eigenvalue weighted by Crippen LogP contribution is 2.56. The summed E-state index contributed by atoms with van der Waals surface area (Å²) in [5.41, 5.74) is 12.1. The first-order valence-corrected chi connectivity index (χ1v) is 24.9. The summed E-state index contributed by atoms with van der Waals surface area (Å²) in [5, 5.41) is 34.5. The molecule has 10 nitrogen and oxygen atoms in total. The molecular weight excluding hydrogens is 891 g/mol. The first-order chi connectivity index (χ1) is 33.8. The van der Waals surface area contributed by atoms with Crippen LogP contribution in [0.5, 0.6) is 0 Å². The van der Waals surface area contributed by atoms with Gasteiger partial charge < -0.3 is 39.3 Å². The molecule has 0 saturated carbocycles. The summed E-state index contributed by atoms with van der Waals surface area (Å²) in [6.45, 7) is 3.86. The third-order valence-corrected chi connectivity index (χ3v) is 15.1. The Bertz CT molecular complexity index is 3260. The number of nitrogens with zero attached hydrogens (tertiary/aromatic N) is 5. The fourth-order valence-electron chi connectivity index (χ4n) is 10.2. The number of rotatable bonds is 12. The highest BCUT2D eigenvalue weighted by Gasteiger charge is 2.34. The van der Waals surface area contributed by atoms with Gasteiger partial charge in [0.2, 0.25) is 5.36 Å². The first-order valence-electron chi connectivity index (χ1n) is 24.1. The summed E-state index contributed by atoms with van der Waals surface area (Å²) >= 11 is 1.55. The lowest BCUT2D eigenvalue weighted by Gasteiger charge is -2.28. The van der Waals surface area contributed by atoms with Gasteiger partial charge in [-0.15, -0.1) is 0 Å². The topological polar surface area (TPSA) is 107 Å². The zero-order valence-electron chi connectivity index (χ0n) is 40.7. The van der Waals surface area contributed by atoms with E-state index >= 15 is 4.79 Å². The highest BCUT2D eigenvalue weighted by atomic mass is 32.2. The number of benzene rings is 7. The van der Waals surface area contributed by atoms with Gasteiger partial charge >= 0.3 is 5.97 Å². The molecule has 0 radical (unpaired) electrons. The average Bonchev–Trinajstić information content (AvgIpc) is 4.12. The summed E-state index contributed by atoms with van der Waals surface area (Å²) in [7, 11) is 12.1. The minimum absolute atomic E-state index is 0.181. The van der Waals surface area contributed by atoms with Gasteiger partial charge in [-0.25, -0.2) is 9.37 Å². The van der Waals surface area contributed by atoms with Crippen LogP contribution < -0.4 is 29.5 Å². The molecule has 3 N–H and O–H groups in total. The zero-order valence-corrected chi connectivity index (χ0v) is 41.6. The summed E-state index contributed by atoms with van der Waals surface area (Å²) in [5.74, 6) is -0.371. The first kappa shape index (κ1) is 46.7. The second-order valence-electron chi connectivity index (χ2n) is 19.1. The third kappa shape index (κ3) is 8.89. The van der Waals surface area contributed by atoms with Crippen molar-refractivity contribution in [1.82, 2.24) is 4.58 Å². The van der Waals surface area contributed by atoms with Crippen LogP contribution in [-0.4, -0.2) is 89.8 Å². The van der Waals surface area contributed by atoms with Gasteiger partial charge in [0.1, 0.15) is 24.4 Å². The molecule has 11 heteroatoms. The normalized spacial score (nSPS) is 13.8. The number of carbonyl (C=O) groups is 1. The molecule has 0 atom stereocenters. The number of hydrogen-bond donors (Lipinski definition) is 3. The van der Waals surface area contributed by atoms with Gasteiger partial charge in [-0.1, -0.05) is 60.3 Å². The van der Waals surface area contributed by atoms with Crippen molar-refractivity contribution in [2.45, 2.75) is 41.8 Å². The molecule has 2 fully saturated rings. The van der Waals surface area contributed by atoms with E-state index in [0.29, 0.717) is 28.0 Å². The van der Waals surface area contributed by atoms with E-state index in [4.69, 9.17) is 4.42 Å². The minimum Gasteiger partial charge on any atom is -0.478 e.